The predicted molar refractivity (Wildman–Crippen MR) is 101 cm³/mol. The van der Waals surface area contributed by atoms with Crippen LogP contribution in [0.1, 0.15) is 17.4 Å². The molecule has 4 amide bonds. The number of methoxy groups -OCH3 is 1. The van der Waals surface area contributed by atoms with Gasteiger partial charge in [-0.2, -0.15) is 0 Å². The van der Waals surface area contributed by atoms with Crippen molar-refractivity contribution >= 4 is 29.2 Å². The van der Waals surface area contributed by atoms with Crippen LogP contribution in [-0.4, -0.2) is 48.3 Å². The number of urea groups is 1. The largest absolute Gasteiger partial charge is 0.497 e. The Morgan fingerprint density at radius 2 is 1.96 bits per heavy atom. The molecule has 0 aliphatic carbocycles. The van der Waals surface area contributed by atoms with Crippen molar-refractivity contribution in [3.63, 3.8) is 0 Å². The van der Waals surface area contributed by atoms with E-state index in [0.29, 0.717) is 17.9 Å². The van der Waals surface area contributed by atoms with Gasteiger partial charge in [0.25, 0.3) is 5.91 Å². The molecule has 1 aromatic carbocycles. The molecule has 0 radical (unpaired) electrons. The van der Waals surface area contributed by atoms with E-state index in [4.69, 9.17) is 4.74 Å². The lowest BCUT2D eigenvalue weighted by atomic mass is 9.92. The number of ether oxygens (including phenoxy) is 1. The highest BCUT2D eigenvalue weighted by molar-refractivity contribution is 7.09. The van der Waals surface area contributed by atoms with E-state index in [9.17, 15) is 14.4 Å². The molecule has 1 N–H and O–H groups in total. The molecule has 2 aromatic rings. The summed E-state index contributed by atoms with van der Waals surface area (Å²) in [7, 11) is 3.21. The fourth-order valence-electron chi connectivity index (χ4n) is 2.94. The minimum atomic E-state index is -1.21. The number of carbonyl (C=O) groups is 3. The van der Waals surface area contributed by atoms with Gasteiger partial charge in [-0.1, -0.05) is 18.2 Å². The summed E-state index contributed by atoms with van der Waals surface area (Å²) in [6.45, 7) is 1.78. The number of carbonyl (C=O) groups excluding carboxylic acids is 3. The summed E-state index contributed by atoms with van der Waals surface area (Å²) in [5.74, 6) is -0.0946. The van der Waals surface area contributed by atoms with E-state index in [1.54, 1.807) is 56.7 Å². The van der Waals surface area contributed by atoms with Gasteiger partial charge in [0, 0.05) is 11.9 Å². The molecule has 142 valence electrons. The molecule has 1 fully saturated rings. The van der Waals surface area contributed by atoms with E-state index in [-0.39, 0.29) is 12.5 Å². The summed E-state index contributed by atoms with van der Waals surface area (Å²) >= 11 is 1.55. The first kappa shape index (κ1) is 18.9. The second-order valence-corrected chi connectivity index (χ2v) is 7.54. The number of imide groups is 1. The third-order valence-electron chi connectivity index (χ3n) is 4.63. The van der Waals surface area contributed by atoms with Crippen LogP contribution in [0.15, 0.2) is 41.8 Å². The normalized spacial score (nSPS) is 19.1. The molecular weight excluding hydrogens is 366 g/mol. The zero-order chi connectivity index (χ0) is 19.6. The number of hydrogen-bond donors (Lipinski definition) is 1. The first-order valence-corrected chi connectivity index (χ1v) is 9.28. The summed E-state index contributed by atoms with van der Waals surface area (Å²) in [6, 6.07) is 10.2. The second-order valence-electron chi connectivity index (χ2n) is 6.50. The smallest absolute Gasteiger partial charge is 0.325 e. The average Bonchev–Trinajstić information content (AvgIpc) is 3.24. The molecule has 0 saturated carbocycles. The van der Waals surface area contributed by atoms with Crippen LogP contribution < -0.4 is 10.1 Å². The fraction of sp³-hybridized carbons (Fsp3) is 0.316. The molecule has 1 aromatic heterocycles. The number of rotatable bonds is 6. The van der Waals surface area contributed by atoms with Crippen molar-refractivity contribution in [3.8, 4) is 5.75 Å². The van der Waals surface area contributed by atoms with Crippen LogP contribution >= 0.6 is 11.3 Å². The van der Waals surface area contributed by atoms with E-state index < -0.39 is 17.5 Å². The first-order chi connectivity index (χ1) is 12.8. The Hall–Kier alpha value is -2.87. The Kier molecular flexibility index (Phi) is 5.18. The van der Waals surface area contributed by atoms with Crippen LogP contribution in [0, 0.1) is 0 Å². The van der Waals surface area contributed by atoms with Crippen LogP contribution in [0.25, 0.3) is 0 Å². The first-order valence-electron chi connectivity index (χ1n) is 8.40. The molecule has 0 spiro atoms. The summed E-state index contributed by atoms with van der Waals surface area (Å²) in [4.78, 5) is 41.3. The third kappa shape index (κ3) is 3.66. The molecule has 2 heterocycles. The molecule has 0 bridgehead atoms. The van der Waals surface area contributed by atoms with Crippen LogP contribution in [-0.2, 0) is 21.7 Å². The van der Waals surface area contributed by atoms with E-state index in [1.165, 1.54) is 4.90 Å². The number of amides is 4. The van der Waals surface area contributed by atoms with Gasteiger partial charge in [-0.15, -0.1) is 11.3 Å². The van der Waals surface area contributed by atoms with Crippen LogP contribution in [0.4, 0.5) is 4.79 Å². The Morgan fingerprint density at radius 3 is 2.56 bits per heavy atom. The molecule has 1 aliphatic heterocycles. The van der Waals surface area contributed by atoms with Crippen molar-refractivity contribution in [1.82, 2.24) is 15.1 Å². The molecule has 27 heavy (non-hydrogen) atoms. The standard InChI is InChI=1S/C19H21N3O4S/c1-19(13-6-8-14(26-3)9-7-13)17(24)22(18(25)20-19)12-16(23)21(2)11-15-5-4-10-27-15/h4-10H,11-12H2,1-3H3,(H,20,25). The molecule has 1 atom stereocenters. The SMILES string of the molecule is COc1ccc(C2(C)NC(=O)N(CC(=O)N(C)Cc3cccs3)C2=O)cc1. The van der Waals surface area contributed by atoms with Crippen LogP contribution in [0.3, 0.4) is 0 Å². The number of hydrogen-bond acceptors (Lipinski definition) is 5. The van der Waals surface area contributed by atoms with Gasteiger partial charge in [0.2, 0.25) is 5.91 Å². The lowest BCUT2D eigenvalue weighted by molar-refractivity contribution is -0.138. The number of likely N-dealkylation sites (N-methyl/N-ethyl adjacent to an activating group) is 1. The second kappa shape index (κ2) is 7.40. The molecule has 3 rings (SSSR count). The molecule has 1 unspecified atom stereocenters. The van der Waals surface area contributed by atoms with Crippen LogP contribution in [0.5, 0.6) is 5.75 Å². The number of benzene rings is 1. The van der Waals surface area contributed by atoms with Crippen LogP contribution in [0.2, 0.25) is 0 Å². The quantitative estimate of drug-likeness (QED) is 0.771. The summed E-state index contributed by atoms with van der Waals surface area (Å²) in [5.41, 5.74) is -0.584. The van der Waals surface area contributed by atoms with Crippen molar-refractivity contribution in [2.75, 3.05) is 20.7 Å². The van der Waals surface area contributed by atoms with Gasteiger partial charge in [-0.3, -0.25) is 14.5 Å². The Bertz CT molecular complexity index is 850. The Labute approximate surface area is 161 Å². The highest BCUT2D eigenvalue weighted by Gasteiger charge is 2.49. The molecular formula is C19H21N3O4S. The minimum Gasteiger partial charge on any atom is -0.497 e. The van der Waals surface area contributed by atoms with Crippen molar-refractivity contribution in [2.45, 2.75) is 19.0 Å². The topological polar surface area (TPSA) is 79.0 Å². The maximum absolute atomic E-state index is 12.9. The number of thiophene rings is 1. The van der Waals surface area contributed by atoms with Gasteiger partial charge in [-0.05, 0) is 36.1 Å². The Morgan fingerprint density at radius 1 is 1.26 bits per heavy atom. The van der Waals surface area contributed by atoms with Gasteiger partial charge in [0.15, 0.2) is 0 Å². The summed E-state index contributed by atoms with van der Waals surface area (Å²) < 4.78 is 5.12. The van der Waals surface area contributed by atoms with Gasteiger partial charge in [0.1, 0.15) is 17.8 Å². The fourth-order valence-corrected chi connectivity index (χ4v) is 3.70. The van der Waals surface area contributed by atoms with Crippen molar-refractivity contribution < 1.29 is 19.1 Å². The summed E-state index contributed by atoms with van der Waals surface area (Å²) in [5, 5.41) is 4.64. The van der Waals surface area contributed by atoms with Gasteiger partial charge in [0.05, 0.1) is 13.7 Å². The molecule has 7 nitrogen and oxygen atoms in total. The van der Waals surface area contributed by atoms with E-state index in [2.05, 4.69) is 5.32 Å². The number of nitrogens with one attached hydrogen (secondary N) is 1. The highest BCUT2D eigenvalue weighted by Crippen LogP contribution is 2.30. The predicted octanol–water partition coefficient (Wildman–Crippen LogP) is 2.18. The van der Waals surface area contributed by atoms with E-state index in [1.807, 2.05) is 17.5 Å². The maximum Gasteiger partial charge on any atom is 0.325 e. The minimum absolute atomic E-state index is 0.293. The van der Waals surface area contributed by atoms with Gasteiger partial charge < -0.3 is 15.0 Å². The average molecular weight is 387 g/mol. The summed E-state index contributed by atoms with van der Waals surface area (Å²) in [6.07, 6.45) is 0. The molecule has 1 saturated heterocycles. The van der Waals surface area contributed by atoms with Crippen molar-refractivity contribution in [2.24, 2.45) is 0 Å². The maximum atomic E-state index is 12.9. The van der Waals surface area contributed by atoms with E-state index >= 15 is 0 Å². The zero-order valence-electron chi connectivity index (χ0n) is 15.4. The molecule has 8 heteroatoms. The zero-order valence-corrected chi connectivity index (χ0v) is 16.2. The third-order valence-corrected chi connectivity index (χ3v) is 5.50. The van der Waals surface area contributed by atoms with Crippen molar-refractivity contribution in [1.29, 1.82) is 0 Å². The molecule has 1 aliphatic rings. The monoisotopic (exact) mass is 387 g/mol. The Balaban J connectivity index is 1.72. The van der Waals surface area contributed by atoms with Gasteiger partial charge >= 0.3 is 6.03 Å². The highest BCUT2D eigenvalue weighted by atomic mass is 32.1. The van der Waals surface area contributed by atoms with E-state index in [0.717, 1.165) is 9.78 Å². The van der Waals surface area contributed by atoms with Crippen molar-refractivity contribution in [3.05, 3.63) is 52.2 Å². The van der Waals surface area contributed by atoms with Gasteiger partial charge in [-0.25, -0.2) is 4.79 Å². The number of nitrogens with zero attached hydrogens (tertiary/aromatic N) is 2. The lowest BCUT2D eigenvalue weighted by Crippen LogP contribution is -2.43. The lowest BCUT2D eigenvalue weighted by Gasteiger charge is -2.23.